The van der Waals surface area contributed by atoms with Crippen LogP contribution < -0.4 is 10.2 Å². The Kier molecular flexibility index (Phi) is 4.84. The Hall–Kier alpha value is -2.88. The summed E-state index contributed by atoms with van der Waals surface area (Å²) in [5, 5.41) is 3.07. The minimum Gasteiger partial charge on any atom is -0.373 e. The van der Waals surface area contributed by atoms with E-state index in [4.69, 9.17) is 0 Å². The van der Waals surface area contributed by atoms with Gasteiger partial charge in [0.1, 0.15) is 18.0 Å². The smallest absolute Gasteiger partial charge is 0.134 e. The molecule has 0 spiro atoms. The van der Waals surface area contributed by atoms with Gasteiger partial charge in [0.25, 0.3) is 0 Å². The summed E-state index contributed by atoms with van der Waals surface area (Å²) >= 11 is 0. The number of nitrogens with zero attached hydrogens (tertiary/aromatic N) is 3. The number of rotatable bonds is 6. The molecular weight excluding hydrogens is 284 g/mol. The van der Waals surface area contributed by atoms with Crippen molar-refractivity contribution in [3.8, 4) is 0 Å². The predicted octanol–water partition coefficient (Wildman–Crippen LogP) is 3.73. The number of anilines is 2. The van der Waals surface area contributed by atoms with Gasteiger partial charge in [-0.25, -0.2) is 9.97 Å². The summed E-state index contributed by atoms with van der Waals surface area (Å²) in [4.78, 5) is 10.9. The molecule has 0 aliphatic carbocycles. The average Bonchev–Trinajstić information content (AvgIpc) is 2.63. The van der Waals surface area contributed by atoms with E-state index in [9.17, 15) is 0 Å². The highest BCUT2D eigenvalue weighted by atomic mass is 15.2. The normalized spacial score (nSPS) is 10.3. The van der Waals surface area contributed by atoms with Crippen LogP contribution in [0.3, 0.4) is 0 Å². The Balaban J connectivity index is 1.88. The Morgan fingerprint density at radius 1 is 0.826 bits per heavy atom. The molecule has 0 fully saturated rings. The third-order valence-corrected chi connectivity index (χ3v) is 3.67. The van der Waals surface area contributed by atoms with Crippen LogP contribution in [0.25, 0.3) is 0 Å². The molecule has 4 nitrogen and oxygen atoms in total. The van der Waals surface area contributed by atoms with Crippen molar-refractivity contribution >= 4 is 11.6 Å². The van der Waals surface area contributed by atoms with Gasteiger partial charge in [-0.3, -0.25) is 0 Å². The van der Waals surface area contributed by atoms with E-state index < -0.39 is 0 Å². The summed E-state index contributed by atoms with van der Waals surface area (Å²) in [5.74, 6) is 1.73. The van der Waals surface area contributed by atoms with Gasteiger partial charge in [-0.15, -0.1) is 0 Å². The van der Waals surface area contributed by atoms with E-state index in [1.807, 2.05) is 25.2 Å². The molecule has 2 aromatic carbocycles. The molecule has 0 unspecified atom stereocenters. The number of nitrogens with one attached hydrogen (secondary N) is 1. The lowest BCUT2D eigenvalue weighted by molar-refractivity contribution is 0.781. The molecule has 3 aromatic rings. The molecule has 4 heteroatoms. The first kappa shape index (κ1) is 15.0. The lowest BCUT2D eigenvalue weighted by atomic mass is 10.1. The van der Waals surface area contributed by atoms with Crippen molar-refractivity contribution < 1.29 is 0 Å². The van der Waals surface area contributed by atoms with Gasteiger partial charge < -0.3 is 10.2 Å². The van der Waals surface area contributed by atoms with Gasteiger partial charge in [0.2, 0.25) is 0 Å². The van der Waals surface area contributed by atoms with E-state index >= 15 is 0 Å². The maximum Gasteiger partial charge on any atom is 0.134 e. The molecule has 0 saturated carbocycles. The standard InChI is InChI=1S/C19H20N4/c1-20-18-12-19(22-15-21-18)23(13-16-8-4-2-5-9-16)14-17-10-6-3-7-11-17/h2-12,15H,13-14H2,1H3,(H,20,21,22). The van der Waals surface area contributed by atoms with Gasteiger partial charge in [0, 0.05) is 26.2 Å². The van der Waals surface area contributed by atoms with Crippen molar-refractivity contribution in [2.45, 2.75) is 13.1 Å². The fourth-order valence-corrected chi connectivity index (χ4v) is 2.48. The first-order chi connectivity index (χ1) is 11.3. The van der Waals surface area contributed by atoms with Gasteiger partial charge in [0.15, 0.2) is 0 Å². The lowest BCUT2D eigenvalue weighted by Gasteiger charge is -2.24. The van der Waals surface area contributed by atoms with Crippen LogP contribution in [-0.2, 0) is 13.1 Å². The summed E-state index contributed by atoms with van der Waals surface area (Å²) in [5.41, 5.74) is 2.51. The first-order valence-corrected chi connectivity index (χ1v) is 7.68. The fraction of sp³-hybridized carbons (Fsp3) is 0.158. The maximum atomic E-state index is 4.45. The molecule has 0 saturated heterocycles. The summed E-state index contributed by atoms with van der Waals surface area (Å²) < 4.78 is 0. The molecule has 23 heavy (non-hydrogen) atoms. The quantitative estimate of drug-likeness (QED) is 0.753. The van der Waals surface area contributed by atoms with Crippen molar-refractivity contribution in [2.75, 3.05) is 17.3 Å². The number of benzene rings is 2. The summed E-state index contributed by atoms with van der Waals surface area (Å²) in [6.07, 6.45) is 1.60. The number of hydrogen-bond donors (Lipinski definition) is 1. The van der Waals surface area contributed by atoms with Crippen LogP contribution in [0.5, 0.6) is 0 Å². The Morgan fingerprint density at radius 2 is 1.39 bits per heavy atom. The molecule has 116 valence electrons. The van der Waals surface area contributed by atoms with Crippen molar-refractivity contribution in [2.24, 2.45) is 0 Å². The minimum atomic E-state index is 0.801. The second-order valence-electron chi connectivity index (χ2n) is 5.34. The molecule has 0 radical (unpaired) electrons. The van der Waals surface area contributed by atoms with Gasteiger partial charge in [0.05, 0.1) is 0 Å². The minimum absolute atomic E-state index is 0.801. The van der Waals surface area contributed by atoms with Crippen molar-refractivity contribution in [1.29, 1.82) is 0 Å². The highest BCUT2D eigenvalue weighted by Crippen LogP contribution is 2.19. The predicted molar refractivity (Wildman–Crippen MR) is 94.3 cm³/mol. The molecule has 0 aliphatic heterocycles. The van der Waals surface area contributed by atoms with Crippen LogP contribution in [-0.4, -0.2) is 17.0 Å². The highest BCUT2D eigenvalue weighted by Gasteiger charge is 2.10. The van der Waals surface area contributed by atoms with Crippen LogP contribution in [0, 0.1) is 0 Å². The summed E-state index contributed by atoms with van der Waals surface area (Å²) in [6.45, 7) is 1.60. The molecule has 1 N–H and O–H groups in total. The van der Waals surface area contributed by atoms with Crippen molar-refractivity contribution in [1.82, 2.24) is 9.97 Å². The fourth-order valence-electron chi connectivity index (χ4n) is 2.48. The molecule has 3 rings (SSSR count). The largest absolute Gasteiger partial charge is 0.373 e. The topological polar surface area (TPSA) is 41.0 Å². The monoisotopic (exact) mass is 304 g/mol. The molecular formula is C19H20N4. The molecule has 0 aliphatic rings. The van der Waals surface area contributed by atoms with Gasteiger partial charge in [-0.05, 0) is 11.1 Å². The molecule has 1 heterocycles. The Bertz CT molecular complexity index is 687. The van der Waals surface area contributed by atoms with Crippen LogP contribution in [0.2, 0.25) is 0 Å². The van der Waals surface area contributed by atoms with Crippen LogP contribution in [0.15, 0.2) is 73.1 Å². The van der Waals surface area contributed by atoms with Gasteiger partial charge >= 0.3 is 0 Å². The maximum absolute atomic E-state index is 4.45. The van der Waals surface area contributed by atoms with Crippen molar-refractivity contribution in [3.05, 3.63) is 84.2 Å². The second kappa shape index (κ2) is 7.40. The third kappa shape index (κ3) is 4.07. The highest BCUT2D eigenvalue weighted by molar-refractivity contribution is 5.49. The van der Waals surface area contributed by atoms with E-state index in [0.717, 1.165) is 24.7 Å². The molecule has 0 atom stereocenters. The number of aromatic nitrogens is 2. The number of hydrogen-bond acceptors (Lipinski definition) is 4. The summed E-state index contributed by atoms with van der Waals surface area (Å²) in [6, 6.07) is 22.9. The average molecular weight is 304 g/mol. The van der Waals surface area contributed by atoms with E-state index in [1.54, 1.807) is 6.33 Å². The SMILES string of the molecule is CNc1cc(N(Cc2ccccc2)Cc2ccccc2)ncn1. The molecule has 1 aromatic heterocycles. The zero-order valence-electron chi connectivity index (χ0n) is 13.2. The zero-order valence-corrected chi connectivity index (χ0v) is 13.2. The second-order valence-corrected chi connectivity index (χ2v) is 5.34. The molecule has 0 bridgehead atoms. The van der Waals surface area contributed by atoms with E-state index in [1.165, 1.54) is 11.1 Å². The van der Waals surface area contributed by atoms with Crippen molar-refractivity contribution in [3.63, 3.8) is 0 Å². The van der Waals surface area contributed by atoms with Crippen LogP contribution >= 0.6 is 0 Å². The Labute approximate surface area is 136 Å². The van der Waals surface area contributed by atoms with Crippen LogP contribution in [0.1, 0.15) is 11.1 Å². The molecule has 0 amide bonds. The van der Waals surface area contributed by atoms with Gasteiger partial charge in [-0.1, -0.05) is 60.7 Å². The lowest BCUT2D eigenvalue weighted by Crippen LogP contribution is -2.23. The summed E-state index contributed by atoms with van der Waals surface area (Å²) in [7, 11) is 1.87. The first-order valence-electron chi connectivity index (χ1n) is 7.68. The Morgan fingerprint density at radius 3 is 1.91 bits per heavy atom. The van der Waals surface area contributed by atoms with E-state index in [-0.39, 0.29) is 0 Å². The van der Waals surface area contributed by atoms with E-state index in [2.05, 4.69) is 68.7 Å². The van der Waals surface area contributed by atoms with Gasteiger partial charge in [-0.2, -0.15) is 0 Å². The van der Waals surface area contributed by atoms with Crippen LogP contribution in [0.4, 0.5) is 11.6 Å². The van der Waals surface area contributed by atoms with E-state index in [0.29, 0.717) is 0 Å². The third-order valence-electron chi connectivity index (χ3n) is 3.67. The zero-order chi connectivity index (χ0) is 15.9.